The largest absolute Gasteiger partial charge is 0.508 e. The van der Waals surface area contributed by atoms with Gasteiger partial charge in [-0.1, -0.05) is 43.5 Å². The van der Waals surface area contributed by atoms with Crippen LogP contribution in [0.4, 0.5) is 9.59 Å². The van der Waals surface area contributed by atoms with Gasteiger partial charge in [0.2, 0.25) is 0 Å². The van der Waals surface area contributed by atoms with Gasteiger partial charge >= 0.3 is 12.3 Å². The molecule has 2 aromatic carbocycles. The highest BCUT2D eigenvalue weighted by atomic mass is 16.8. The summed E-state index contributed by atoms with van der Waals surface area (Å²) in [4.78, 5) is 22.1. The number of hydrogen-bond donors (Lipinski definition) is 0. The molecule has 1 aliphatic carbocycles. The zero-order chi connectivity index (χ0) is 23.4. The Kier molecular flexibility index (Phi) is 6.47. The molecule has 2 unspecified atom stereocenters. The number of carbonyl (C=O) groups excluding carboxylic acids is 2. The zero-order valence-electron chi connectivity index (χ0n) is 18.9. The van der Waals surface area contributed by atoms with Crippen LogP contribution in [0.25, 0.3) is 0 Å². The molecule has 0 N–H and O–H groups in total. The molecule has 5 rings (SSSR count). The molecular formula is C26H28O8. The average molecular weight is 469 g/mol. The van der Waals surface area contributed by atoms with E-state index in [0.717, 1.165) is 24.3 Å². The van der Waals surface area contributed by atoms with Crippen LogP contribution in [0.3, 0.4) is 0 Å². The third kappa shape index (κ3) is 4.90. The monoisotopic (exact) mass is 468 g/mol. The molecule has 2 aliphatic heterocycles. The molecule has 2 atom stereocenters. The van der Waals surface area contributed by atoms with Gasteiger partial charge < -0.3 is 28.4 Å². The molecule has 180 valence electrons. The van der Waals surface area contributed by atoms with Gasteiger partial charge in [-0.05, 0) is 48.2 Å². The van der Waals surface area contributed by atoms with E-state index in [-0.39, 0.29) is 44.1 Å². The minimum atomic E-state index is -0.643. The summed E-state index contributed by atoms with van der Waals surface area (Å²) in [5.41, 5.74) is 2.47. The van der Waals surface area contributed by atoms with Gasteiger partial charge in [-0.15, -0.1) is 0 Å². The summed E-state index contributed by atoms with van der Waals surface area (Å²) in [5, 5.41) is 0. The number of cyclic esters (lactones) is 4. The second-order valence-electron chi connectivity index (χ2n) is 8.92. The van der Waals surface area contributed by atoms with Crippen molar-refractivity contribution in [3.05, 3.63) is 59.7 Å². The summed E-state index contributed by atoms with van der Waals surface area (Å²) in [6.07, 6.45) is 3.74. The van der Waals surface area contributed by atoms with Crippen LogP contribution in [0.15, 0.2) is 48.5 Å². The first kappa shape index (κ1) is 22.4. The van der Waals surface area contributed by atoms with Crippen LogP contribution in [0.5, 0.6) is 11.5 Å². The molecule has 0 amide bonds. The van der Waals surface area contributed by atoms with E-state index in [9.17, 15) is 9.59 Å². The van der Waals surface area contributed by atoms with Gasteiger partial charge in [-0.3, -0.25) is 0 Å². The first-order chi connectivity index (χ1) is 16.6. The van der Waals surface area contributed by atoms with E-state index in [1.54, 1.807) is 0 Å². The Hall–Kier alpha value is -3.42. The quantitative estimate of drug-likeness (QED) is 0.512. The number of benzene rings is 2. The minimum absolute atomic E-state index is 0.0566. The number of hydrogen-bond acceptors (Lipinski definition) is 8. The van der Waals surface area contributed by atoms with Gasteiger partial charge in [0.1, 0.15) is 37.9 Å². The Morgan fingerprint density at radius 3 is 1.50 bits per heavy atom. The van der Waals surface area contributed by atoms with Crippen molar-refractivity contribution < 1.29 is 38.0 Å². The van der Waals surface area contributed by atoms with Gasteiger partial charge in [-0.25, -0.2) is 9.59 Å². The molecule has 34 heavy (non-hydrogen) atoms. The van der Waals surface area contributed by atoms with Crippen LogP contribution >= 0.6 is 0 Å². The van der Waals surface area contributed by atoms with E-state index in [0.29, 0.717) is 0 Å². The molecule has 1 saturated carbocycles. The fourth-order valence-electron chi connectivity index (χ4n) is 4.91. The topological polar surface area (TPSA) is 89.5 Å². The molecule has 2 heterocycles. The summed E-state index contributed by atoms with van der Waals surface area (Å²) in [7, 11) is 0. The van der Waals surface area contributed by atoms with E-state index >= 15 is 0 Å². The second-order valence-corrected chi connectivity index (χ2v) is 8.92. The van der Waals surface area contributed by atoms with Crippen LogP contribution in [-0.4, -0.2) is 50.9 Å². The van der Waals surface area contributed by atoms with Crippen LogP contribution in [-0.2, 0) is 24.4 Å². The summed E-state index contributed by atoms with van der Waals surface area (Å²) >= 11 is 0. The lowest BCUT2D eigenvalue weighted by Gasteiger charge is -2.38. The molecule has 0 bridgehead atoms. The first-order valence-corrected chi connectivity index (χ1v) is 11.7. The second kappa shape index (κ2) is 9.83. The molecule has 8 heteroatoms. The predicted molar refractivity (Wildman–Crippen MR) is 120 cm³/mol. The van der Waals surface area contributed by atoms with E-state index in [4.69, 9.17) is 28.4 Å². The van der Waals surface area contributed by atoms with Crippen molar-refractivity contribution in [3.63, 3.8) is 0 Å². The maximum Gasteiger partial charge on any atom is 0.508 e. The van der Waals surface area contributed by atoms with Gasteiger partial charge in [0.25, 0.3) is 0 Å². The normalized spacial score (nSPS) is 23.4. The lowest BCUT2D eigenvalue weighted by molar-refractivity contribution is 0.0977. The maximum absolute atomic E-state index is 11.1. The first-order valence-electron chi connectivity index (χ1n) is 11.7. The van der Waals surface area contributed by atoms with Crippen molar-refractivity contribution in [2.45, 2.75) is 49.7 Å². The average Bonchev–Trinajstić information content (AvgIpc) is 3.50. The molecular weight excluding hydrogens is 440 g/mol. The Morgan fingerprint density at radius 1 is 0.676 bits per heavy atom. The highest BCUT2D eigenvalue weighted by molar-refractivity contribution is 5.62. The standard InChI is InChI=1S/C26H28O8/c27-24-31-16-22(33-24)14-29-20-8-4-18(5-9-20)26(12-2-1-3-13-26)19-6-10-21(11-7-19)30-15-23-17-32-25(28)34-23/h4-11,22-23H,1-3,12-17H2. The Bertz CT molecular complexity index is 919. The summed E-state index contributed by atoms with van der Waals surface area (Å²) in [5.74, 6) is 1.47. The van der Waals surface area contributed by atoms with E-state index in [2.05, 4.69) is 24.3 Å². The van der Waals surface area contributed by atoms with E-state index in [1.807, 2.05) is 24.3 Å². The molecule has 3 fully saturated rings. The SMILES string of the molecule is O=C1OCC(COc2ccc(C3(c4ccc(OCC5COC(=O)O5)cc4)CCCCC3)cc2)O1. The molecule has 2 aromatic rings. The van der Waals surface area contributed by atoms with Crippen LogP contribution in [0.1, 0.15) is 43.2 Å². The van der Waals surface area contributed by atoms with Crippen molar-refractivity contribution in [2.24, 2.45) is 0 Å². The van der Waals surface area contributed by atoms with Gasteiger partial charge in [0, 0.05) is 5.41 Å². The van der Waals surface area contributed by atoms with Gasteiger partial charge in [0.05, 0.1) is 0 Å². The van der Waals surface area contributed by atoms with Crippen LogP contribution < -0.4 is 9.47 Å². The lowest BCUT2D eigenvalue weighted by atomic mass is 9.65. The molecule has 8 nitrogen and oxygen atoms in total. The summed E-state index contributed by atoms with van der Waals surface area (Å²) in [6.45, 7) is 0.979. The van der Waals surface area contributed by atoms with E-state index < -0.39 is 12.3 Å². The van der Waals surface area contributed by atoms with Gasteiger partial charge in [-0.2, -0.15) is 0 Å². The lowest BCUT2D eigenvalue weighted by Crippen LogP contribution is -2.30. The Morgan fingerprint density at radius 2 is 1.12 bits per heavy atom. The van der Waals surface area contributed by atoms with Crippen molar-refractivity contribution in [3.8, 4) is 11.5 Å². The molecule has 2 saturated heterocycles. The van der Waals surface area contributed by atoms with Crippen LogP contribution in [0.2, 0.25) is 0 Å². The van der Waals surface area contributed by atoms with Crippen LogP contribution in [0, 0.1) is 0 Å². The van der Waals surface area contributed by atoms with Crippen molar-refractivity contribution >= 4 is 12.3 Å². The number of carbonyl (C=O) groups is 2. The smallest absolute Gasteiger partial charge is 0.490 e. The third-order valence-corrected chi connectivity index (χ3v) is 6.69. The highest BCUT2D eigenvalue weighted by Gasteiger charge is 2.36. The third-order valence-electron chi connectivity index (χ3n) is 6.69. The van der Waals surface area contributed by atoms with Crippen molar-refractivity contribution in [2.75, 3.05) is 26.4 Å². The molecule has 0 aromatic heterocycles. The number of ether oxygens (including phenoxy) is 6. The Balaban J connectivity index is 1.26. The minimum Gasteiger partial charge on any atom is -0.490 e. The van der Waals surface area contributed by atoms with Crippen molar-refractivity contribution in [1.82, 2.24) is 0 Å². The summed E-state index contributed by atoms with van der Waals surface area (Å²) in [6, 6.07) is 16.5. The maximum atomic E-state index is 11.1. The molecule has 0 spiro atoms. The predicted octanol–water partition coefficient (Wildman–Crippen LogP) is 4.77. The molecule has 0 radical (unpaired) electrons. The zero-order valence-corrected chi connectivity index (χ0v) is 18.9. The van der Waals surface area contributed by atoms with Gasteiger partial charge in [0.15, 0.2) is 12.2 Å². The molecule has 3 aliphatic rings. The summed E-state index contributed by atoms with van der Waals surface area (Å²) < 4.78 is 31.2. The number of rotatable bonds is 8. The van der Waals surface area contributed by atoms with Crippen molar-refractivity contribution in [1.29, 1.82) is 0 Å². The fourth-order valence-corrected chi connectivity index (χ4v) is 4.91. The highest BCUT2D eigenvalue weighted by Crippen LogP contribution is 2.45. The van der Waals surface area contributed by atoms with E-state index in [1.165, 1.54) is 30.4 Å². The fraction of sp³-hybridized carbons (Fsp3) is 0.462. The Labute approximate surface area is 198 Å².